The number of rotatable bonds is 5. The molecule has 12 heteroatoms. The van der Waals surface area contributed by atoms with E-state index in [1.807, 2.05) is 37.4 Å². The number of tetrazole rings is 1. The van der Waals surface area contributed by atoms with Gasteiger partial charge in [-0.15, -0.1) is 0 Å². The molecule has 2 saturated heterocycles. The molecule has 2 aliphatic rings. The Labute approximate surface area is 193 Å². The molecule has 0 amide bonds. The van der Waals surface area contributed by atoms with Gasteiger partial charge in [0.2, 0.25) is 16.0 Å². The smallest absolute Gasteiger partial charge is 0.250 e. The summed E-state index contributed by atoms with van der Waals surface area (Å²) >= 11 is 0. The lowest BCUT2D eigenvalue weighted by molar-refractivity contribution is 0.222. The Balaban J connectivity index is 1.24. The van der Waals surface area contributed by atoms with E-state index in [0.29, 0.717) is 19.0 Å². The third-order valence-electron chi connectivity index (χ3n) is 6.16. The molecule has 0 N–H and O–H groups in total. The van der Waals surface area contributed by atoms with Crippen LogP contribution >= 0.6 is 0 Å². The van der Waals surface area contributed by atoms with Gasteiger partial charge in [-0.2, -0.15) is 8.99 Å². The van der Waals surface area contributed by atoms with Crippen molar-refractivity contribution in [1.82, 2.24) is 34.4 Å². The molecule has 0 spiro atoms. The minimum atomic E-state index is -3.51. The van der Waals surface area contributed by atoms with Crippen LogP contribution in [0.3, 0.4) is 0 Å². The molecule has 33 heavy (non-hydrogen) atoms. The number of sulfonamides is 1. The second-order valence-electron chi connectivity index (χ2n) is 8.26. The molecule has 0 atom stereocenters. The quantitative estimate of drug-likeness (QED) is 0.522. The minimum absolute atomic E-state index is 0.247. The van der Waals surface area contributed by atoms with E-state index >= 15 is 0 Å². The Kier molecular flexibility index (Phi) is 5.96. The molecule has 0 bridgehead atoms. The molecule has 3 aromatic rings. The van der Waals surface area contributed by atoms with Gasteiger partial charge in [0.1, 0.15) is 10.7 Å². The predicted molar refractivity (Wildman–Crippen MR) is 124 cm³/mol. The number of nitrogens with zero attached hydrogens (tertiary/aromatic N) is 9. The molecular weight excluding hydrogens is 442 g/mol. The lowest BCUT2D eigenvalue weighted by Gasteiger charge is -2.35. The van der Waals surface area contributed by atoms with E-state index in [9.17, 15) is 8.42 Å². The number of likely N-dealkylation sites (N-methyl/N-ethyl adjacent to an activating group) is 1. The highest BCUT2D eigenvalue weighted by Crippen LogP contribution is 2.22. The van der Waals surface area contributed by atoms with Gasteiger partial charge in [0, 0.05) is 58.6 Å². The number of hydrogen-bond donors (Lipinski definition) is 0. The van der Waals surface area contributed by atoms with Gasteiger partial charge in [-0.25, -0.2) is 13.4 Å². The number of hydrogen-bond acceptors (Lipinski definition) is 9. The second-order valence-corrected chi connectivity index (χ2v) is 10.2. The summed E-state index contributed by atoms with van der Waals surface area (Å²) in [5.74, 6) is 1.48. The van der Waals surface area contributed by atoms with E-state index in [0.717, 1.165) is 50.8 Å². The Morgan fingerprint density at radius 1 is 0.818 bits per heavy atom. The average Bonchev–Trinajstić information content (AvgIpc) is 3.35. The molecule has 2 aliphatic heterocycles. The van der Waals surface area contributed by atoms with Crippen LogP contribution in [0.25, 0.3) is 5.69 Å². The van der Waals surface area contributed by atoms with Crippen LogP contribution in [-0.2, 0) is 10.0 Å². The number of benzene rings is 1. The third kappa shape index (κ3) is 4.41. The van der Waals surface area contributed by atoms with E-state index in [2.05, 4.69) is 35.2 Å². The van der Waals surface area contributed by atoms with Crippen molar-refractivity contribution in [2.24, 2.45) is 0 Å². The lowest BCUT2D eigenvalue weighted by Crippen LogP contribution is -2.48. The van der Waals surface area contributed by atoms with E-state index < -0.39 is 10.0 Å². The van der Waals surface area contributed by atoms with Crippen LogP contribution in [0.1, 0.15) is 0 Å². The summed E-state index contributed by atoms with van der Waals surface area (Å²) in [6.45, 7) is 5.42. The van der Waals surface area contributed by atoms with Gasteiger partial charge < -0.3 is 14.7 Å². The van der Waals surface area contributed by atoms with Crippen molar-refractivity contribution in [3.8, 4) is 5.69 Å². The fourth-order valence-electron chi connectivity index (χ4n) is 4.14. The van der Waals surface area contributed by atoms with Gasteiger partial charge >= 0.3 is 0 Å². The molecule has 0 radical (unpaired) electrons. The molecule has 1 aromatic carbocycles. The maximum Gasteiger partial charge on any atom is 0.250 e. The first kappa shape index (κ1) is 21.7. The lowest BCUT2D eigenvalue weighted by atomic mass is 10.3. The zero-order valence-electron chi connectivity index (χ0n) is 18.5. The maximum atomic E-state index is 12.9. The van der Waals surface area contributed by atoms with E-state index in [1.165, 1.54) is 6.20 Å². The summed E-state index contributed by atoms with van der Waals surface area (Å²) in [6, 6.07) is 13.3. The van der Waals surface area contributed by atoms with Crippen molar-refractivity contribution < 1.29 is 8.42 Å². The van der Waals surface area contributed by atoms with Gasteiger partial charge in [-0.3, -0.25) is 0 Å². The fourth-order valence-corrected chi connectivity index (χ4v) is 5.51. The van der Waals surface area contributed by atoms with E-state index in [4.69, 9.17) is 0 Å². The number of aromatic nitrogens is 5. The van der Waals surface area contributed by atoms with Crippen molar-refractivity contribution in [2.45, 2.75) is 4.90 Å². The highest BCUT2D eigenvalue weighted by molar-refractivity contribution is 7.89. The van der Waals surface area contributed by atoms with Crippen LogP contribution < -0.4 is 9.80 Å². The van der Waals surface area contributed by atoms with Crippen molar-refractivity contribution in [3.63, 3.8) is 0 Å². The molecule has 4 heterocycles. The van der Waals surface area contributed by atoms with Crippen LogP contribution in [0.15, 0.2) is 53.6 Å². The van der Waals surface area contributed by atoms with E-state index in [1.54, 1.807) is 21.1 Å². The van der Waals surface area contributed by atoms with Gasteiger partial charge in [0.25, 0.3) is 0 Å². The Morgan fingerprint density at radius 3 is 2.18 bits per heavy atom. The zero-order valence-corrected chi connectivity index (χ0v) is 19.3. The molecule has 174 valence electrons. The molecule has 11 nitrogen and oxygen atoms in total. The molecule has 2 aromatic heterocycles. The Hall–Kier alpha value is -3.09. The monoisotopic (exact) mass is 469 g/mol. The van der Waals surface area contributed by atoms with Crippen molar-refractivity contribution in [3.05, 3.63) is 48.7 Å². The summed E-state index contributed by atoms with van der Waals surface area (Å²) < 4.78 is 29.1. The zero-order chi connectivity index (χ0) is 22.8. The van der Waals surface area contributed by atoms with Crippen LogP contribution in [-0.4, -0.2) is 102 Å². The maximum absolute atomic E-state index is 12.9. The molecular formula is C21H27N9O2S. The van der Waals surface area contributed by atoms with Gasteiger partial charge in [-0.1, -0.05) is 23.3 Å². The van der Waals surface area contributed by atoms with Gasteiger partial charge in [0.15, 0.2) is 0 Å². The topological polar surface area (TPSA) is 104 Å². The average molecular weight is 470 g/mol. The predicted octanol–water partition coefficient (Wildman–Crippen LogP) is 0.320. The third-order valence-corrected chi connectivity index (χ3v) is 8.04. The fraction of sp³-hybridized carbons (Fsp3) is 0.429. The van der Waals surface area contributed by atoms with Crippen LogP contribution in [0.5, 0.6) is 0 Å². The summed E-state index contributed by atoms with van der Waals surface area (Å²) in [5.41, 5.74) is 0.916. The first-order chi connectivity index (χ1) is 16.0. The molecule has 0 saturated carbocycles. The highest BCUT2D eigenvalue weighted by atomic mass is 32.2. The Morgan fingerprint density at radius 2 is 1.52 bits per heavy atom. The van der Waals surface area contributed by atoms with Crippen molar-refractivity contribution in [1.29, 1.82) is 0 Å². The second kappa shape index (κ2) is 9.04. The van der Waals surface area contributed by atoms with Crippen LogP contribution in [0, 0.1) is 0 Å². The first-order valence-corrected chi connectivity index (χ1v) is 12.4. The highest BCUT2D eigenvalue weighted by Gasteiger charge is 2.28. The normalized spacial score (nSPS) is 18.6. The summed E-state index contributed by atoms with van der Waals surface area (Å²) in [4.78, 5) is 11.2. The van der Waals surface area contributed by atoms with Crippen LogP contribution in [0.2, 0.25) is 0 Å². The van der Waals surface area contributed by atoms with Gasteiger partial charge in [0.05, 0.1) is 5.69 Å². The SMILES string of the molecule is CN1CCN(S(=O)(=O)c2ccc(N3CCN(c4nnnn4-c4ccccc4)CC3)nc2)CC1. The Bertz CT molecular complexity index is 1170. The first-order valence-electron chi connectivity index (χ1n) is 11.0. The van der Waals surface area contributed by atoms with E-state index in [-0.39, 0.29) is 4.90 Å². The molecule has 5 rings (SSSR count). The molecule has 0 unspecified atom stereocenters. The number of piperazine rings is 2. The largest absolute Gasteiger partial charge is 0.353 e. The minimum Gasteiger partial charge on any atom is -0.353 e. The summed E-state index contributed by atoms with van der Waals surface area (Å²) in [5, 5.41) is 12.2. The standard InChI is InChI=1S/C21H27N9O2S/c1-26-9-15-29(16-10-26)33(31,32)19-7-8-20(22-17-19)27-11-13-28(14-12-27)21-23-24-25-30(21)18-5-3-2-4-6-18/h2-8,17H,9-16H2,1H3. The van der Waals surface area contributed by atoms with Crippen molar-refractivity contribution >= 4 is 21.8 Å². The number of anilines is 2. The molecule has 2 fully saturated rings. The number of pyridine rings is 1. The number of para-hydroxylation sites is 1. The van der Waals surface area contributed by atoms with Crippen LogP contribution in [0.4, 0.5) is 11.8 Å². The molecule has 0 aliphatic carbocycles. The van der Waals surface area contributed by atoms with Gasteiger partial charge in [-0.05, 0) is 41.7 Å². The summed E-state index contributed by atoms with van der Waals surface area (Å²) in [6.07, 6.45) is 1.48. The van der Waals surface area contributed by atoms with Crippen molar-refractivity contribution in [2.75, 3.05) is 69.2 Å². The summed E-state index contributed by atoms with van der Waals surface area (Å²) in [7, 11) is -1.51.